The third-order valence-corrected chi connectivity index (χ3v) is 3.05. The first kappa shape index (κ1) is 15.5. The summed E-state index contributed by atoms with van der Waals surface area (Å²) < 4.78 is 5.53. The summed E-state index contributed by atoms with van der Waals surface area (Å²) in [6.45, 7) is 8.37. The van der Waals surface area contributed by atoms with Gasteiger partial charge in [0.1, 0.15) is 5.75 Å². The third kappa shape index (κ3) is 4.56. The summed E-state index contributed by atoms with van der Waals surface area (Å²) in [6, 6.07) is 7.93. The van der Waals surface area contributed by atoms with Crippen molar-refractivity contribution in [3.63, 3.8) is 0 Å². The molecule has 0 saturated carbocycles. The Labute approximate surface area is 115 Å². The van der Waals surface area contributed by atoms with Crippen LogP contribution in [0.5, 0.6) is 5.75 Å². The van der Waals surface area contributed by atoms with E-state index in [0.717, 1.165) is 24.3 Å². The number of carbonyl (C=O) groups excluding carboxylic acids is 1. The number of rotatable bonds is 7. The summed E-state index contributed by atoms with van der Waals surface area (Å²) >= 11 is 0. The number of amides is 1. The van der Waals surface area contributed by atoms with Gasteiger partial charge in [0.2, 0.25) is 5.91 Å². The Balaban J connectivity index is 2.67. The lowest BCUT2D eigenvalue weighted by Gasteiger charge is -2.27. The minimum Gasteiger partial charge on any atom is -0.494 e. The van der Waals surface area contributed by atoms with Crippen LogP contribution in [0.4, 0.5) is 0 Å². The van der Waals surface area contributed by atoms with Crippen LogP contribution in [-0.2, 0) is 4.79 Å². The number of benzene rings is 1. The molecule has 1 aromatic carbocycles. The highest BCUT2D eigenvalue weighted by atomic mass is 16.5. The van der Waals surface area contributed by atoms with E-state index in [9.17, 15) is 4.79 Å². The van der Waals surface area contributed by atoms with E-state index < -0.39 is 5.54 Å². The van der Waals surface area contributed by atoms with Gasteiger partial charge in [-0.3, -0.25) is 10.1 Å². The van der Waals surface area contributed by atoms with Gasteiger partial charge in [-0.1, -0.05) is 19.1 Å². The maximum atomic E-state index is 11.3. The van der Waals surface area contributed by atoms with Crippen LogP contribution in [0.3, 0.4) is 0 Å². The highest BCUT2D eigenvalue weighted by Crippen LogP contribution is 2.20. The van der Waals surface area contributed by atoms with Crippen LogP contribution in [0.1, 0.15) is 45.7 Å². The zero-order valence-corrected chi connectivity index (χ0v) is 12.2. The van der Waals surface area contributed by atoms with Gasteiger partial charge in [0.05, 0.1) is 12.1 Å². The second-order valence-electron chi connectivity index (χ2n) is 5.27. The fourth-order valence-corrected chi connectivity index (χ4v) is 1.77. The van der Waals surface area contributed by atoms with Gasteiger partial charge >= 0.3 is 0 Å². The van der Waals surface area contributed by atoms with Crippen LogP contribution in [0.2, 0.25) is 0 Å². The van der Waals surface area contributed by atoms with Crippen molar-refractivity contribution in [2.24, 2.45) is 5.73 Å². The van der Waals surface area contributed by atoms with Crippen molar-refractivity contribution in [2.45, 2.75) is 45.7 Å². The quantitative estimate of drug-likeness (QED) is 0.794. The van der Waals surface area contributed by atoms with E-state index in [-0.39, 0.29) is 11.9 Å². The molecule has 0 spiro atoms. The van der Waals surface area contributed by atoms with Crippen molar-refractivity contribution in [1.29, 1.82) is 0 Å². The molecule has 0 heterocycles. The smallest absolute Gasteiger partial charge is 0.237 e. The summed E-state index contributed by atoms with van der Waals surface area (Å²) in [5.74, 6) is 0.509. The Morgan fingerprint density at radius 1 is 1.37 bits per heavy atom. The van der Waals surface area contributed by atoms with Gasteiger partial charge in [0.25, 0.3) is 0 Å². The second kappa shape index (κ2) is 6.57. The lowest BCUT2D eigenvalue weighted by atomic mass is 10.0. The molecule has 4 heteroatoms. The molecule has 0 saturated heterocycles. The first-order valence-electron chi connectivity index (χ1n) is 6.67. The van der Waals surface area contributed by atoms with Gasteiger partial charge in [0.15, 0.2) is 0 Å². The summed E-state index contributed by atoms with van der Waals surface area (Å²) in [6.07, 6.45) is 0.993. The summed E-state index contributed by atoms with van der Waals surface area (Å²) in [7, 11) is 0. The van der Waals surface area contributed by atoms with E-state index in [1.165, 1.54) is 0 Å². The summed E-state index contributed by atoms with van der Waals surface area (Å²) in [5.41, 5.74) is 5.72. The molecule has 106 valence electrons. The Bertz CT molecular complexity index is 413. The molecule has 0 aliphatic heterocycles. The molecule has 0 aromatic heterocycles. The number of nitrogens with one attached hydrogen (secondary N) is 1. The van der Waals surface area contributed by atoms with Crippen molar-refractivity contribution < 1.29 is 9.53 Å². The molecule has 1 atom stereocenters. The topological polar surface area (TPSA) is 64.3 Å². The molecular formula is C15H24N2O2. The average Bonchev–Trinajstić information content (AvgIpc) is 2.36. The lowest BCUT2D eigenvalue weighted by molar-refractivity contribution is -0.123. The molecule has 19 heavy (non-hydrogen) atoms. The third-order valence-electron chi connectivity index (χ3n) is 3.05. The number of ether oxygens (including phenoxy) is 1. The first-order valence-corrected chi connectivity index (χ1v) is 6.67. The molecular weight excluding hydrogens is 240 g/mol. The molecule has 1 amide bonds. The van der Waals surface area contributed by atoms with Crippen LogP contribution < -0.4 is 15.8 Å². The number of hydrogen-bond donors (Lipinski definition) is 2. The number of carbonyl (C=O) groups is 1. The van der Waals surface area contributed by atoms with Gasteiger partial charge < -0.3 is 10.5 Å². The van der Waals surface area contributed by atoms with E-state index in [2.05, 4.69) is 12.2 Å². The highest BCUT2D eigenvalue weighted by molar-refractivity contribution is 5.83. The van der Waals surface area contributed by atoms with Gasteiger partial charge in [-0.25, -0.2) is 0 Å². The van der Waals surface area contributed by atoms with Crippen molar-refractivity contribution in [1.82, 2.24) is 5.32 Å². The number of hydrogen-bond acceptors (Lipinski definition) is 3. The zero-order valence-electron chi connectivity index (χ0n) is 12.2. The Hall–Kier alpha value is -1.55. The highest BCUT2D eigenvalue weighted by Gasteiger charge is 2.26. The van der Waals surface area contributed by atoms with E-state index >= 15 is 0 Å². The van der Waals surface area contributed by atoms with Crippen LogP contribution in [0.25, 0.3) is 0 Å². The molecule has 0 fully saturated rings. The van der Waals surface area contributed by atoms with Crippen LogP contribution in [0, 0.1) is 0 Å². The first-order chi connectivity index (χ1) is 8.86. The largest absolute Gasteiger partial charge is 0.494 e. The fraction of sp³-hybridized carbons (Fsp3) is 0.533. The van der Waals surface area contributed by atoms with E-state index in [4.69, 9.17) is 10.5 Å². The van der Waals surface area contributed by atoms with E-state index in [1.807, 2.05) is 31.2 Å². The van der Waals surface area contributed by atoms with Crippen molar-refractivity contribution in [3.05, 3.63) is 29.8 Å². The number of nitrogens with two attached hydrogens (primary N) is 1. The lowest BCUT2D eigenvalue weighted by Crippen LogP contribution is -2.51. The van der Waals surface area contributed by atoms with Crippen LogP contribution >= 0.6 is 0 Å². The van der Waals surface area contributed by atoms with Gasteiger partial charge in [-0.15, -0.1) is 0 Å². The summed E-state index contributed by atoms with van der Waals surface area (Å²) in [4.78, 5) is 11.3. The minimum absolute atomic E-state index is 0.0442. The summed E-state index contributed by atoms with van der Waals surface area (Å²) in [5, 5.41) is 3.22. The van der Waals surface area contributed by atoms with Crippen molar-refractivity contribution in [3.8, 4) is 5.75 Å². The van der Waals surface area contributed by atoms with Crippen molar-refractivity contribution >= 4 is 5.91 Å². The van der Waals surface area contributed by atoms with Crippen LogP contribution in [-0.4, -0.2) is 18.1 Å². The molecule has 4 nitrogen and oxygen atoms in total. The minimum atomic E-state index is -0.725. The van der Waals surface area contributed by atoms with E-state index in [0.29, 0.717) is 0 Å². The molecule has 0 aliphatic carbocycles. The predicted molar refractivity (Wildman–Crippen MR) is 77.1 cm³/mol. The average molecular weight is 264 g/mol. The Morgan fingerprint density at radius 3 is 2.42 bits per heavy atom. The molecule has 1 unspecified atom stereocenters. The molecule has 3 N–H and O–H groups in total. The SMILES string of the molecule is CCCOc1ccc(C(C)NC(C)(C)C(N)=O)cc1. The fourth-order valence-electron chi connectivity index (χ4n) is 1.77. The van der Waals surface area contributed by atoms with Crippen LogP contribution in [0.15, 0.2) is 24.3 Å². The maximum absolute atomic E-state index is 11.3. The van der Waals surface area contributed by atoms with Gasteiger partial charge in [-0.05, 0) is 44.9 Å². The normalized spacial score (nSPS) is 13.1. The molecule has 0 radical (unpaired) electrons. The van der Waals surface area contributed by atoms with E-state index in [1.54, 1.807) is 13.8 Å². The molecule has 0 aliphatic rings. The molecule has 0 bridgehead atoms. The zero-order chi connectivity index (χ0) is 14.5. The van der Waals surface area contributed by atoms with Gasteiger partial charge in [0, 0.05) is 6.04 Å². The Kier molecular flexibility index (Phi) is 5.36. The maximum Gasteiger partial charge on any atom is 0.237 e. The number of primary amides is 1. The molecule has 1 rings (SSSR count). The molecule has 1 aromatic rings. The van der Waals surface area contributed by atoms with Gasteiger partial charge in [-0.2, -0.15) is 0 Å². The standard InChI is InChI=1S/C15H24N2O2/c1-5-10-19-13-8-6-12(7-9-13)11(2)17-15(3,4)14(16)18/h6-9,11,17H,5,10H2,1-4H3,(H2,16,18). The predicted octanol–water partition coefficient (Wildman–Crippen LogP) is 2.39. The monoisotopic (exact) mass is 264 g/mol. The Morgan fingerprint density at radius 2 is 1.95 bits per heavy atom. The van der Waals surface area contributed by atoms with Crippen molar-refractivity contribution in [2.75, 3.05) is 6.61 Å². The second-order valence-corrected chi connectivity index (χ2v) is 5.27.